The van der Waals surface area contributed by atoms with Gasteiger partial charge in [0.15, 0.2) is 9.84 Å². The third-order valence-corrected chi connectivity index (χ3v) is 19.0. The molecule has 10 atom stereocenters. The van der Waals surface area contributed by atoms with E-state index < -0.39 is 21.4 Å². The minimum absolute atomic E-state index is 0.122. The number of nitrogens with one attached hydrogen (secondary N) is 2. The monoisotopic (exact) mass is 771 g/mol. The topological polar surface area (TPSA) is 113 Å². The lowest BCUT2D eigenvalue weighted by atomic mass is 9.33. The van der Waals surface area contributed by atoms with Gasteiger partial charge in [-0.3, -0.25) is 4.79 Å². The Morgan fingerprint density at radius 3 is 2.25 bits per heavy atom. The van der Waals surface area contributed by atoms with Crippen LogP contribution < -0.4 is 10.6 Å². The van der Waals surface area contributed by atoms with E-state index >= 15 is 0 Å². The van der Waals surface area contributed by atoms with Crippen LogP contribution in [-0.4, -0.2) is 77.9 Å². The lowest BCUT2D eigenvalue weighted by Gasteiger charge is -2.72. The van der Waals surface area contributed by atoms with Gasteiger partial charge in [0.1, 0.15) is 0 Å². The molecule has 8 nitrogen and oxygen atoms in total. The second-order valence-corrected chi connectivity index (χ2v) is 22.1. The number of nitrogens with zero attached hydrogens (tertiary/aromatic N) is 1. The predicted molar refractivity (Wildman–Crippen MR) is 214 cm³/mol. The molecule has 0 aromatic carbocycles. The van der Waals surface area contributed by atoms with Gasteiger partial charge >= 0.3 is 11.6 Å². The van der Waals surface area contributed by atoms with Gasteiger partial charge in [0.2, 0.25) is 5.91 Å². The summed E-state index contributed by atoms with van der Waals surface area (Å²) >= 11 is -0.750. The Morgan fingerprint density at radius 2 is 1.62 bits per heavy atom. The second kappa shape index (κ2) is 15.0. The van der Waals surface area contributed by atoms with Gasteiger partial charge in [0.25, 0.3) is 0 Å². The first-order valence-electron chi connectivity index (χ1n) is 20.8. The summed E-state index contributed by atoms with van der Waals surface area (Å²) in [6.45, 7) is 23.5. The van der Waals surface area contributed by atoms with Gasteiger partial charge in [-0.1, -0.05) is 58.9 Å². The first kappa shape index (κ1) is 41.0. The highest BCUT2D eigenvalue weighted by molar-refractivity contribution is 7.91. The van der Waals surface area contributed by atoms with Crippen molar-refractivity contribution in [1.82, 2.24) is 15.5 Å². The number of fused-ring (bicyclic) bond motifs is 7. The van der Waals surface area contributed by atoms with E-state index in [9.17, 15) is 13.2 Å². The molecule has 298 valence electrons. The normalized spacial score (nSPS) is 42.8. The van der Waals surface area contributed by atoms with E-state index in [1.807, 2.05) is 0 Å². The van der Waals surface area contributed by atoms with E-state index in [1.165, 1.54) is 68.9 Å². The summed E-state index contributed by atoms with van der Waals surface area (Å²) in [5.74, 6) is 4.27. The standard InChI is InChI=1S/C43H69N3O3S.O2S/c1-29(2)32-15-20-43(45-23-24-46-25-27-50(48,49)28-26-46)22-21-41(6)34(37(32)43)13-14-36-40(5)18-16-33(30-9-11-31(12-10-30)38(47)44-8)39(3,4)35(40)17-19-42(36,41)7;1-3-2/h9,16,31-32,34-37,45H,1,10-15,17-28H2,2-8H3,(H,44,47);/t31?,32-,34+,35-,36+,37+,40-,41+,42+,43-;/m0./s1. The van der Waals surface area contributed by atoms with Crippen LogP contribution in [0.3, 0.4) is 0 Å². The number of hydrogen-bond donors (Lipinski definition) is 2. The molecule has 1 aliphatic heterocycles. The molecule has 6 aliphatic carbocycles. The molecule has 0 bridgehead atoms. The maximum absolute atomic E-state index is 12.4. The third kappa shape index (κ3) is 6.94. The van der Waals surface area contributed by atoms with Crippen molar-refractivity contribution in [2.45, 2.75) is 124 Å². The fourth-order valence-electron chi connectivity index (χ4n) is 14.6. The number of carbonyl (C=O) groups excluding carboxylic acids is 1. The minimum Gasteiger partial charge on any atom is -0.359 e. The van der Waals surface area contributed by atoms with Crippen molar-refractivity contribution in [3.63, 3.8) is 0 Å². The number of hydrogen-bond acceptors (Lipinski definition) is 7. The van der Waals surface area contributed by atoms with Crippen molar-refractivity contribution in [3.05, 3.63) is 35.5 Å². The van der Waals surface area contributed by atoms with Crippen molar-refractivity contribution < 1.29 is 21.6 Å². The summed E-state index contributed by atoms with van der Waals surface area (Å²) < 4.78 is 40.7. The molecule has 0 aromatic rings. The number of amides is 1. The highest BCUT2D eigenvalue weighted by atomic mass is 32.2. The van der Waals surface area contributed by atoms with Gasteiger partial charge in [-0.15, -0.1) is 0 Å². The van der Waals surface area contributed by atoms with Crippen LogP contribution in [0, 0.1) is 57.2 Å². The Kier molecular flexibility index (Phi) is 11.6. The van der Waals surface area contributed by atoms with Crippen LogP contribution in [0.15, 0.2) is 35.5 Å². The fourth-order valence-corrected chi connectivity index (χ4v) is 15.8. The van der Waals surface area contributed by atoms with Crippen LogP contribution in [0.4, 0.5) is 0 Å². The molecule has 1 heterocycles. The molecule has 1 amide bonds. The Balaban J connectivity index is 0.00000155. The molecule has 2 N–H and O–H groups in total. The molecule has 0 spiro atoms. The lowest BCUT2D eigenvalue weighted by Crippen LogP contribution is -2.68. The van der Waals surface area contributed by atoms with Crippen molar-refractivity contribution in [1.29, 1.82) is 0 Å². The van der Waals surface area contributed by atoms with Crippen molar-refractivity contribution in [2.75, 3.05) is 44.7 Å². The smallest absolute Gasteiger partial charge is 0.335 e. The average Bonchev–Trinajstić information content (AvgIpc) is 3.49. The first-order valence-corrected chi connectivity index (χ1v) is 23.3. The molecular formula is C43H69N3O5S2. The molecular weight excluding hydrogens is 703 g/mol. The Morgan fingerprint density at radius 1 is 0.925 bits per heavy atom. The number of sulfone groups is 1. The summed E-state index contributed by atoms with van der Waals surface area (Å²) in [6, 6.07) is 0. The Labute approximate surface area is 324 Å². The highest BCUT2D eigenvalue weighted by Gasteiger charge is 2.70. The van der Waals surface area contributed by atoms with E-state index in [-0.39, 0.29) is 22.8 Å². The van der Waals surface area contributed by atoms with Crippen LogP contribution in [0.2, 0.25) is 0 Å². The molecule has 7 rings (SSSR count). The van der Waals surface area contributed by atoms with Gasteiger partial charge in [0, 0.05) is 44.7 Å². The van der Waals surface area contributed by atoms with Gasteiger partial charge in [-0.05, 0) is 146 Å². The molecule has 7 aliphatic rings. The number of carbonyl (C=O) groups is 1. The molecule has 1 unspecified atom stereocenters. The zero-order chi connectivity index (χ0) is 38.6. The fraction of sp³-hybridized carbons (Fsp3) is 0.837. The van der Waals surface area contributed by atoms with Gasteiger partial charge in [-0.2, -0.15) is 8.42 Å². The average molecular weight is 772 g/mol. The summed E-state index contributed by atoms with van der Waals surface area (Å²) in [7, 11) is -1.08. The molecule has 4 saturated carbocycles. The van der Waals surface area contributed by atoms with Crippen LogP contribution in [0.5, 0.6) is 0 Å². The van der Waals surface area contributed by atoms with E-state index in [2.05, 4.69) is 75.8 Å². The summed E-state index contributed by atoms with van der Waals surface area (Å²) in [6.07, 6.45) is 19.5. The minimum atomic E-state index is -2.85. The Bertz CT molecular complexity index is 1640. The van der Waals surface area contributed by atoms with Crippen LogP contribution in [-0.2, 0) is 26.2 Å². The first-order chi connectivity index (χ1) is 24.9. The maximum Gasteiger partial charge on any atom is 0.335 e. The second-order valence-electron chi connectivity index (χ2n) is 19.7. The third-order valence-electron chi connectivity index (χ3n) is 17.4. The summed E-state index contributed by atoms with van der Waals surface area (Å²) in [4.78, 5) is 14.7. The lowest BCUT2D eigenvalue weighted by molar-refractivity contribution is -0.221. The summed E-state index contributed by atoms with van der Waals surface area (Å²) in [5.41, 5.74) is 5.75. The molecule has 5 fully saturated rings. The van der Waals surface area contributed by atoms with Gasteiger partial charge in [0.05, 0.1) is 11.5 Å². The molecule has 10 heteroatoms. The van der Waals surface area contributed by atoms with Gasteiger partial charge < -0.3 is 15.5 Å². The van der Waals surface area contributed by atoms with E-state index in [0.717, 1.165) is 38.3 Å². The van der Waals surface area contributed by atoms with E-state index in [1.54, 1.807) is 12.6 Å². The SMILES string of the molecule is C=C(C)[C@@H]1CC[C@]2(NCCN3CCS(=O)(=O)CC3)CC[C@]3(C)[C@H](CC[C@@H]4[C@@]5(C)CC=C(C6=CCC(C(=O)NC)CC6)C(C)(C)[C@@H]5CC[C@]43C)[C@@H]12.O=S=O. The van der Waals surface area contributed by atoms with Crippen LogP contribution in [0.25, 0.3) is 0 Å². The van der Waals surface area contributed by atoms with Crippen LogP contribution in [0.1, 0.15) is 119 Å². The Hall–Kier alpha value is -1.62. The predicted octanol–water partition coefficient (Wildman–Crippen LogP) is 7.06. The molecule has 1 saturated heterocycles. The molecule has 53 heavy (non-hydrogen) atoms. The summed E-state index contributed by atoms with van der Waals surface area (Å²) in [5, 5.41) is 7.11. The van der Waals surface area contributed by atoms with Gasteiger partial charge in [-0.25, -0.2) is 8.42 Å². The number of rotatable bonds is 7. The van der Waals surface area contributed by atoms with E-state index in [0.29, 0.717) is 64.5 Å². The maximum atomic E-state index is 12.4. The molecule has 0 radical (unpaired) electrons. The van der Waals surface area contributed by atoms with Crippen LogP contribution >= 0.6 is 0 Å². The van der Waals surface area contributed by atoms with Crippen molar-refractivity contribution >= 4 is 27.3 Å². The van der Waals surface area contributed by atoms with E-state index in [4.69, 9.17) is 8.42 Å². The van der Waals surface area contributed by atoms with Crippen molar-refractivity contribution in [3.8, 4) is 0 Å². The largest absolute Gasteiger partial charge is 0.359 e. The molecule has 0 aromatic heterocycles. The number of allylic oxidation sites excluding steroid dienone is 5. The zero-order valence-electron chi connectivity index (χ0n) is 33.9. The quantitative estimate of drug-likeness (QED) is 0.267. The highest BCUT2D eigenvalue weighted by Crippen LogP contribution is 2.76. The van der Waals surface area contributed by atoms with Crippen molar-refractivity contribution in [2.24, 2.45) is 57.2 Å². The zero-order valence-corrected chi connectivity index (χ0v) is 35.5.